The number of nitro groups is 1. The Hall–Kier alpha value is -1.57. The summed E-state index contributed by atoms with van der Waals surface area (Å²) in [5.41, 5.74) is 2.14. The zero-order chi connectivity index (χ0) is 12.7. The number of methoxy groups -OCH3 is 1. The van der Waals surface area contributed by atoms with E-state index < -0.39 is 16.4 Å². The molecule has 0 atom stereocenters. The Balaban J connectivity index is 2.54. The van der Waals surface area contributed by atoms with E-state index in [4.69, 9.17) is 9.57 Å². The summed E-state index contributed by atoms with van der Waals surface area (Å²) < 4.78 is 18.3. The van der Waals surface area contributed by atoms with Gasteiger partial charge in [0, 0.05) is 25.3 Å². The molecule has 0 unspecified atom stereocenters. The Kier molecular flexibility index (Phi) is 5.47. The Labute approximate surface area is 97.4 Å². The second-order valence-corrected chi connectivity index (χ2v) is 3.17. The van der Waals surface area contributed by atoms with Crippen molar-refractivity contribution in [3.63, 3.8) is 0 Å². The molecule has 0 saturated carbocycles. The van der Waals surface area contributed by atoms with Crippen LogP contribution in [0, 0.1) is 15.9 Å². The average Bonchev–Trinajstić information content (AvgIpc) is 2.30. The highest BCUT2D eigenvalue weighted by atomic mass is 19.1. The molecule has 0 aliphatic heterocycles. The maximum absolute atomic E-state index is 13.5. The van der Waals surface area contributed by atoms with Gasteiger partial charge in [-0.1, -0.05) is 12.1 Å². The molecule has 0 saturated heterocycles. The largest absolute Gasteiger partial charge is 0.382 e. The van der Waals surface area contributed by atoms with E-state index in [0.29, 0.717) is 13.2 Å². The fraction of sp³-hybridized carbons (Fsp3) is 0.400. The first-order valence-corrected chi connectivity index (χ1v) is 4.92. The van der Waals surface area contributed by atoms with Crippen LogP contribution in [0.3, 0.4) is 0 Å². The summed E-state index contributed by atoms with van der Waals surface area (Å²) >= 11 is 0. The molecule has 0 fully saturated rings. The van der Waals surface area contributed by atoms with E-state index in [-0.39, 0.29) is 12.1 Å². The Bertz CT molecular complexity index is 387. The molecule has 0 aliphatic rings. The molecular formula is C10H13FN2O4. The predicted octanol–water partition coefficient (Wildman–Crippen LogP) is 1.40. The number of halogens is 1. The first-order valence-electron chi connectivity index (χ1n) is 4.92. The van der Waals surface area contributed by atoms with Gasteiger partial charge >= 0.3 is 5.69 Å². The second kappa shape index (κ2) is 6.89. The summed E-state index contributed by atoms with van der Waals surface area (Å²) in [4.78, 5) is 14.6. The van der Waals surface area contributed by atoms with Gasteiger partial charge in [-0.25, -0.2) is 0 Å². The number of hydrogen-bond donors (Lipinski definition) is 1. The van der Waals surface area contributed by atoms with Crippen LogP contribution in [0.1, 0.15) is 5.56 Å². The van der Waals surface area contributed by atoms with Crippen molar-refractivity contribution in [2.75, 3.05) is 20.3 Å². The van der Waals surface area contributed by atoms with Gasteiger partial charge in [-0.05, 0) is 0 Å². The Morgan fingerprint density at radius 2 is 2.24 bits per heavy atom. The van der Waals surface area contributed by atoms with Crippen LogP contribution in [0.4, 0.5) is 10.1 Å². The summed E-state index contributed by atoms with van der Waals surface area (Å²) in [6.45, 7) is 0.773. The summed E-state index contributed by atoms with van der Waals surface area (Å²) in [6.07, 6.45) is 0. The van der Waals surface area contributed by atoms with Crippen LogP contribution in [-0.4, -0.2) is 25.2 Å². The van der Waals surface area contributed by atoms with Gasteiger partial charge in [-0.15, -0.1) is 0 Å². The maximum Gasteiger partial charge on any atom is 0.305 e. The molecule has 0 amide bonds. The van der Waals surface area contributed by atoms with Crippen molar-refractivity contribution < 1.29 is 18.9 Å². The standard InChI is InChI=1S/C10H13FN2O4/c1-16-5-6-17-12-7-8-3-2-4-9(10(8)11)13(14)15/h2-4,12H,5-7H2,1H3. The quantitative estimate of drug-likeness (QED) is 0.446. The van der Waals surface area contributed by atoms with Crippen LogP contribution in [0.25, 0.3) is 0 Å². The molecule has 6 nitrogen and oxygen atoms in total. The van der Waals surface area contributed by atoms with Crippen molar-refractivity contribution in [2.45, 2.75) is 6.54 Å². The molecular weight excluding hydrogens is 231 g/mol. The first kappa shape index (κ1) is 13.5. The highest BCUT2D eigenvalue weighted by molar-refractivity contribution is 5.36. The number of nitrogens with zero attached hydrogens (tertiary/aromatic N) is 1. The van der Waals surface area contributed by atoms with Crippen molar-refractivity contribution in [1.82, 2.24) is 5.48 Å². The van der Waals surface area contributed by atoms with Crippen molar-refractivity contribution in [3.05, 3.63) is 39.7 Å². The van der Waals surface area contributed by atoms with E-state index >= 15 is 0 Å². The predicted molar refractivity (Wildman–Crippen MR) is 57.7 cm³/mol. The Morgan fingerprint density at radius 1 is 1.47 bits per heavy atom. The summed E-state index contributed by atoms with van der Waals surface area (Å²) in [5, 5.41) is 10.5. The minimum Gasteiger partial charge on any atom is -0.382 e. The topological polar surface area (TPSA) is 73.6 Å². The van der Waals surface area contributed by atoms with Crippen LogP contribution in [-0.2, 0) is 16.1 Å². The van der Waals surface area contributed by atoms with Gasteiger partial charge in [-0.3, -0.25) is 15.0 Å². The summed E-state index contributed by atoms with van der Waals surface area (Å²) in [5.74, 6) is -0.847. The summed E-state index contributed by atoms with van der Waals surface area (Å²) in [6, 6.07) is 3.99. The van der Waals surface area contributed by atoms with Crippen LogP contribution in [0.5, 0.6) is 0 Å². The molecule has 1 aromatic rings. The van der Waals surface area contributed by atoms with E-state index in [0.717, 1.165) is 6.07 Å². The SMILES string of the molecule is COCCONCc1cccc([N+](=O)[O-])c1F. The minimum absolute atomic E-state index is 0.0528. The number of nitro benzene ring substituents is 1. The molecule has 7 heteroatoms. The number of hydroxylamine groups is 1. The van der Waals surface area contributed by atoms with E-state index in [1.165, 1.54) is 19.2 Å². The smallest absolute Gasteiger partial charge is 0.305 e. The third kappa shape index (κ3) is 4.06. The number of nitrogens with one attached hydrogen (secondary N) is 1. The number of hydrogen-bond acceptors (Lipinski definition) is 5. The normalized spacial score (nSPS) is 10.5. The molecule has 0 aliphatic carbocycles. The van der Waals surface area contributed by atoms with Crippen LogP contribution in [0.2, 0.25) is 0 Å². The lowest BCUT2D eigenvalue weighted by atomic mass is 10.2. The fourth-order valence-electron chi connectivity index (χ4n) is 1.17. The third-order valence-corrected chi connectivity index (χ3v) is 2.01. The van der Waals surface area contributed by atoms with Gasteiger partial charge in [0.25, 0.3) is 0 Å². The van der Waals surface area contributed by atoms with Crippen molar-refractivity contribution in [3.8, 4) is 0 Å². The van der Waals surface area contributed by atoms with Crippen molar-refractivity contribution in [2.24, 2.45) is 0 Å². The highest BCUT2D eigenvalue weighted by Gasteiger charge is 2.16. The van der Waals surface area contributed by atoms with Gasteiger partial charge in [0.15, 0.2) is 0 Å². The lowest BCUT2D eigenvalue weighted by Gasteiger charge is -2.06. The molecule has 0 aromatic heterocycles. The number of rotatable bonds is 7. The summed E-state index contributed by atoms with van der Waals surface area (Å²) in [7, 11) is 1.53. The number of ether oxygens (including phenoxy) is 1. The molecule has 94 valence electrons. The van der Waals surface area contributed by atoms with Gasteiger partial charge < -0.3 is 4.74 Å². The van der Waals surface area contributed by atoms with E-state index in [1.807, 2.05) is 0 Å². The lowest BCUT2D eigenvalue weighted by Crippen LogP contribution is -2.18. The van der Waals surface area contributed by atoms with E-state index in [2.05, 4.69) is 5.48 Å². The Morgan fingerprint density at radius 3 is 2.88 bits per heavy atom. The molecule has 0 heterocycles. The molecule has 1 N–H and O–H groups in total. The van der Waals surface area contributed by atoms with Crippen LogP contribution >= 0.6 is 0 Å². The van der Waals surface area contributed by atoms with E-state index in [1.54, 1.807) is 0 Å². The van der Waals surface area contributed by atoms with Gasteiger partial charge in [0.05, 0.1) is 18.1 Å². The lowest BCUT2D eigenvalue weighted by molar-refractivity contribution is -0.387. The van der Waals surface area contributed by atoms with Crippen LogP contribution < -0.4 is 5.48 Å². The molecule has 17 heavy (non-hydrogen) atoms. The third-order valence-electron chi connectivity index (χ3n) is 2.01. The minimum atomic E-state index is -0.847. The number of benzene rings is 1. The van der Waals surface area contributed by atoms with Crippen LogP contribution in [0.15, 0.2) is 18.2 Å². The molecule has 0 spiro atoms. The first-order chi connectivity index (χ1) is 8.16. The highest BCUT2D eigenvalue weighted by Crippen LogP contribution is 2.19. The van der Waals surface area contributed by atoms with Crippen molar-refractivity contribution >= 4 is 5.69 Å². The zero-order valence-electron chi connectivity index (χ0n) is 9.31. The monoisotopic (exact) mass is 244 g/mol. The van der Waals surface area contributed by atoms with Gasteiger partial charge in [-0.2, -0.15) is 9.87 Å². The van der Waals surface area contributed by atoms with Gasteiger partial charge in [0.2, 0.25) is 5.82 Å². The maximum atomic E-state index is 13.5. The van der Waals surface area contributed by atoms with Crippen molar-refractivity contribution in [1.29, 1.82) is 0 Å². The second-order valence-electron chi connectivity index (χ2n) is 3.17. The molecule has 0 radical (unpaired) electrons. The molecule has 1 rings (SSSR count). The van der Waals surface area contributed by atoms with E-state index in [9.17, 15) is 14.5 Å². The molecule has 1 aromatic carbocycles. The zero-order valence-corrected chi connectivity index (χ0v) is 9.31. The van der Waals surface area contributed by atoms with Gasteiger partial charge in [0.1, 0.15) is 0 Å². The molecule has 0 bridgehead atoms. The fourth-order valence-corrected chi connectivity index (χ4v) is 1.17. The average molecular weight is 244 g/mol.